The molecule has 2 rings (SSSR count). The van der Waals surface area contributed by atoms with Gasteiger partial charge in [-0.25, -0.2) is 4.79 Å². The molecule has 0 aliphatic heterocycles. The summed E-state index contributed by atoms with van der Waals surface area (Å²) in [6.07, 6.45) is -1.78. The molecule has 2 aromatic carbocycles. The summed E-state index contributed by atoms with van der Waals surface area (Å²) in [6, 6.07) is 8.71. The van der Waals surface area contributed by atoms with Gasteiger partial charge in [-0.15, -0.1) is 0 Å². The number of carboxylic acid groups (broad SMARTS) is 2. The van der Waals surface area contributed by atoms with E-state index in [9.17, 15) is 24.6 Å². The van der Waals surface area contributed by atoms with E-state index < -0.39 is 30.1 Å². The summed E-state index contributed by atoms with van der Waals surface area (Å²) in [4.78, 5) is 36.7. The number of amides is 1. The van der Waals surface area contributed by atoms with Gasteiger partial charge in [0.15, 0.2) is 12.3 Å². The second kappa shape index (κ2) is 11.6. The number of carboxylic acids is 2. The number of nitrogens with one attached hydrogen (secondary N) is 1. The minimum atomic E-state index is -1.75. The molecule has 11 heteroatoms. The minimum absolute atomic E-state index is 0.0150. The first-order valence-corrected chi connectivity index (χ1v) is 10.2. The number of hydrogen-bond donors (Lipinski definition) is 4. The molecule has 9 nitrogen and oxygen atoms in total. The molecule has 0 bridgehead atoms. The van der Waals surface area contributed by atoms with Gasteiger partial charge in [-0.1, -0.05) is 23.2 Å². The first-order valence-electron chi connectivity index (χ1n) is 9.43. The zero-order chi connectivity index (χ0) is 23.8. The Hall–Kier alpha value is -3.01. The van der Waals surface area contributed by atoms with Gasteiger partial charge >= 0.3 is 11.9 Å². The first-order chi connectivity index (χ1) is 15.1. The third-order valence-corrected chi connectivity index (χ3v) is 5.09. The largest absolute Gasteiger partial charge is 0.497 e. The zero-order valence-electron chi connectivity index (χ0n) is 17.0. The number of halogens is 2. The first kappa shape index (κ1) is 25.3. The van der Waals surface area contributed by atoms with Crippen LogP contribution >= 0.6 is 23.2 Å². The molecule has 4 N–H and O–H groups in total. The Morgan fingerprint density at radius 2 is 1.75 bits per heavy atom. The maximum absolute atomic E-state index is 12.6. The molecule has 0 spiro atoms. The van der Waals surface area contributed by atoms with Crippen molar-refractivity contribution in [2.45, 2.75) is 25.1 Å². The predicted molar refractivity (Wildman–Crippen MR) is 119 cm³/mol. The van der Waals surface area contributed by atoms with Crippen molar-refractivity contribution >= 4 is 46.7 Å². The molecule has 0 aliphatic carbocycles. The molecule has 0 fully saturated rings. The fraction of sp³-hybridized carbons (Fsp3) is 0.286. The van der Waals surface area contributed by atoms with Crippen LogP contribution in [-0.2, 0) is 9.59 Å². The van der Waals surface area contributed by atoms with E-state index in [0.29, 0.717) is 16.5 Å². The molecule has 0 heterocycles. The van der Waals surface area contributed by atoms with Gasteiger partial charge in [0.1, 0.15) is 5.75 Å². The second-order valence-corrected chi connectivity index (χ2v) is 7.56. The van der Waals surface area contributed by atoms with E-state index in [1.54, 1.807) is 24.3 Å². The van der Waals surface area contributed by atoms with Crippen molar-refractivity contribution in [2.75, 3.05) is 18.6 Å². The summed E-state index contributed by atoms with van der Waals surface area (Å²) in [7, 11) is 1.48. The number of benzene rings is 2. The van der Waals surface area contributed by atoms with Gasteiger partial charge in [0.05, 0.1) is 17.7 Å². The highest BCUT2D eigenvalue weighted by Crippen LogP contribution is 2.24. The van der Waals surface area contributed by atoms with Crippen molar-refractivity contribution < 1.29 is 34.4 Å². The quantitative estimate of drug-likeness (QED) is 0.357. The van der Waals surface area contributed by atoms with E-state index in [0.717, 1.165) is 0 Å². The van der Waals surface area contributed by atoms with Crippen LogP contribution in [0.5, 0.6) is 5.75 Å². The SMILES string of the molecule is COc1ccc(N(CCCC(=O)O)C(O)C(NC(=O)c2ccc(Cl)cc2Cl)C(=O)O)cc1. The van der Waals surface area contributed by atoms with E-state index in [1.165, 1.54) is 30.2 Å². The van der Waals surface area contributed by atoms with Gasteiger partial charge in [0.25, 0.3) is 5.91 Å². The summed E-state index contributed by atoms with van der Waals surface area (Å²) < 4.78 is 5.10. The number of aliphatic hydroxyl groups excluding tert-OH is 1. The summed E-state index contributed by atoms with van der Waals surface area (Å²) in [5.74, 6) is -2.81. The number of carbonyl (C=O) groups is 3. The summed E-state index contributed by atoms with van der Waals surface area (Å²) in [5.41, 5.74) is 0.394. The van der Waals surface area contributed by atoms with E-state index in [-0.39, 0.29) is 30.0 Å². The lowest BCUT2D eigenvalue weighted by molar-refractivity contribution is -0.142. The van der Waals surface area contributed by atoms with Crippen LogP contribution in [0, 0.1) is 0 Å². The highest BCUT2D eigenvalue weighted by Gasteiger charge is 2.33. The highest BCUT2D eigenvalue weighted by atomic mass is 35.5. The van der Waals surface area contributed by atoms with E-state index >= 15 is 0 Å². The van der Waals surface area contributed by atoms with Crippen molar-refractivity contribution in [2.24, 2.45) is 0 Å². The molecule has 2 aromatic rings. The number of aliphatic hydroxyl groups is 1. The van der Waals surface area contributed by atoms with Crippen LogP contribution in [0.25, 0.3) is 0 Å². The Morgan fingerprint density at radius 3 is 2.28 bits per heavy atom. The van der Waals surface area contributed by atoms with Crippen LogP contribution in [0.4, 0.5) is 5.69 Å². The van der Waals surface area contributed by atoms with Crippen molar-refractivity contribution in [1.29, 1.82) is 0 Å². The predicted octanol–water partition coefficient (Wildman–Crippen LogP) is 2.87. The van der Waals surface area contributed by atoms with Gasteiger partial charge < -0.3 is 30.3 Å². The normalized spacial score (nSPS) is 12.5. The number of anilines is 1. The van der Waals surface area contributed by atoms with Crippen molar-refractivity contribution in [3.63, 3.8) is 0 Å². The molecule has 32 heavy (non-hydrogen) atoms. The molecule has 2 atom stereocenters. The summed E-state index contributed by atoms with van der Waals surface area (Å²) >= 11 is 11.8. The molecular formula is C21H22Cl2N2O7. The lowest BCUT2D eigenvalue weighted by Gasteiger charge is -2.33. The maximum Gasteiger partial charge on any atom is 0.330 e. The van der Waals surface area contributed by atoms with Crippen LogP contribution < -0.4 is 15.0 Å². The Balaban J connectivity index is 2.30. The molecule has 0 aliphatic rings. The number of carbonyl (C=O) groups excluding carboxylic acids is 1. The third-order valence-electron chi connectivity index (χ3n) is 4.54. The molecule has 172 valence electrons. The summed E-state index contributed by atoms with van der Waals surface area (Å²) in [5, 5.41) is 32.1. The standard InChI is InChI=1S/C21H22Cl2N2O7/c1-32-14-7-5-13(6-8-14)25(10-2-3-17(26)27)20(29)18(21(30)31)24-19(28)15-9-4-12(22)11-16(15)23/h4-9,11,18,20,29H,2-3,10H2,1H3,(H,24,28)(H,26,27)(H,30,31). The Labute approximate surface area is 194 Å². The van der Waals surface area contributed by atoms with Crippen molar-refractivity contribution in [3.8, 4) is 5.75 Å². The lowest BCUT2D eigenvalue weighted by Crippen LogP contribution is -2.56. The Bertz CT molecular complexity index is 969. The molecule has 0 radical (unpaired) electrons. The van der Waals surface area contributed by atoms with Gasteiger partial charge in [0.2, 0.25) is 0 Å². The van der Waals surface area contributed by atoms with Crippen molar-refractivity contribution in [3.05, 3.63) is 58.1 Å². The van der Waals surface area contributed by atoms with E-state index in [1.807, 2.05) is 0 Å². The van der Waals surface area contributed by atoms with Crippen LogP contribution in [0.2, 0.25) is 10.0 Å². The monoisotopic (exact) mass is 484 g/mol. The number of rotatable bonds is 11. The van der Waals surface area contributed by atoms with Crippen molar-refractivity contribution in [1.82, 2.24) is 5.32 Å². The topological polar surface area (TPSA) is 136 Å². The number of ether oxygens (including phenoxy) is 1. The molecule has 0 aromatic heterocycles. The lowest BCUT2D eigenvalue weighted by atomic mass is 10.1. The molecule has 2 unspecified atom stereocenters. The second-order valence-electron chi connectivity index (χ2n) is 6.72. The zero-order valence-corrected chi connectivity index (χ0v) is 18.5. The smallest absolute Gasteiger partial charge is 0.330 e. The van der Waals surface area contributed by atoms with Gasteiger partial charge in [-0.2, -0.15) is 0 Å². The number of aliphatic carboxylic acids is 2. The van der Waals surface area contributed by atoms with Gasteiger partial charge in [0, 0.05) is 23.7 Å². The summed E-state index contributed by atoms with van der Waals surface area (Å²) in [6.45, 7) is 0.0150. The van der Waals surface area contributed by atoms with Crippen LogP contribution in [0.15, 0.2) is 42.5 Å². The number of methoxy groups -OCH3 is 1. The molecule has 0 saturated heterocycles. The average molecular weight is 485 g/mol. The van der Waals surface area contributed by atoms with Gasteiger partial charge in [-0.05, 0) is 48.9 Å². The minimum Gasteiger partial charge on any atom is -0.497 e. The Morgan fingerprint density at radius 1 is 1.09 bits per heavy atom. The average Bonchev–Trinajstić information content (AvgIpc) is 2.74. The Kier molecular flexibility index (Phi) is 9.13. The third kappa shape index (κ3) is 6.74. The molecular weight excluding hydrogens is 463 g/mol. The molecule has 0 saturated carbocycles. The van der Waals surface area contributed by atoms with Crippen LogP contribution in [-0.4, -0.2) is 59.1 Å². The fourth-order valence-electron chi connectivity index (χ4n) is 2.92. The van der Waals surface area contributed by atoms with Crippen LogP contribution in [0.1, 0.15) is 23.2 Å². The highest BCUT2D eigenvalue weighted by molar-refractivity contribution is 6.36. The van der Waals surface area contributed by atoms with Gasteiger partial charge in [-0.3, -0.25) is 9.59 Å². The van der Waals surface area contributed by atoms with Crippen LogP contribution in [0.3, 0.4) is 0 Å². The molecule has 1 amide bonds. The number of hydrogen-bond acceptors (Lipinski definition) is 6. The maximum atomic E-state index is 12.6. The van der Waals surface area contributed by atoms with E-state index in [4.69, 9.17) is 33.0 Å². The number of nitrogens with zero attached hydrogens (tertiary/aromatic N) is 1. The van der Waals surface area contributed by atoms with E-state index in [2.05, 4.69) is 5.32 Å². The fourth-order valence-corrected chi connectivity index (χ4v) is 3.42.